The van der Waals surface area contributed by atoms with Crippen LogP contribution in [0.5, 0.6) is 11.6 Å². The van der Waals surface area contributed by atoms with E-state index in [-0.39, 0.29) is 58.0 Å². The molecule has 1 aliphatic rings. The van der Waals surface area contributed by atoms with Crippen LogP contribution in [0.1, 0.15) is 54.0 Å². The lowest BCUT2D eigenvalue weighted by molar-refractivity contribution is -0.113. The van der Waals surface area contributed by atoms with Crippen molar-refractivity contribution in [2.75, 3.05) is 25.5 Å². The molecule has 4 rings (SSSR count). The Morgan fingerprint density at radius 2 is 1.72 bits per heavy atom. The van der Waals surface area contributed by atoms with Crippen molar-refractivity contribution < 1.29 is 41.4 Å². The number of nitrogens with zero attached hydrogens (tertiary/aromatic N) is 3. The lowest BCUT2D eigenvalue weighted by Gasteiger charge is -2.39. The normalized spacial score (nSPS) is 15.3. The molecule has 1 fully saturated rings. The van der Waals surface area contributed by atoms with Gasteiger partial charge in [-0.15, -0.1) is 0 Å². The number of aromatic nitrogens is 2. The van der Waals surface area contributed by atoms with Gasteiger partial charge in [0.05, 0.1) is 30.9 Å². The summed E-state index contributed by atoms with van der Waals surface area (Å²) in [5.74, 6) is -5.05. The van der Waals surface area contributed by atoms with Gasteiger partial charge in [0.25, 0.3) is 23.3 Å². The molecule has 254 valence electrons. The topological polar surface area (TPSA) is 124 Å². The minimum absolute atomic E-state index is 0.0221. The summed E-state index contributed by atoms with van der Waals surface area (Å²) in [6.07, 6.45) is 1.16. The van der Waals surface area contributed by atoms with E-state index in [1.165, 1.54) is 41.9 Å². The molecule has 0 bridgehead atoms. The number of nitrogens with one attached hydrogen (secondary N) is 2. The molecule has 0 aliphatic carbocycles. The van der Waals surface area contributed by atoms with Crippen LogP contribution in [0, 0.1) is 0 Å². The summed E-state index contributed by atoms with van der Waals surface area (Å²) >= 11 is 0. The summed E-state index contributed by atoms with van der Waals surface area (Å²) < 4.78 is 70.1. The van der Waals surface area contributed by atoms with Gasteiger partial charge in [-0.2, -0.15) is 13.8 Å². The van der Waals surface area contributed by atoms with E-state index in [0.29, 0.717) is 12.1 Å². The van der Waals surface area contributed by atoms with Gasteiger partial charge in [0.2, 0.25) is 5.88 Å². The van der Waals surface area contributed by atoms with E-state index in [1.807, 2.05) is 13.8 Å². The minimum atomic E-state index is -3.19. The fraction of sp³-hybridized carbons (Fsp3) is 0.438. The molecule has 2 aromatic heterocycles. The van der Waals surface area contributed by atoms with Crippen LogP contribution in [-0.2, 0) is 18.3 Å². The lowest BCUT2D eigenvalue weighted by atomic mass is 9.97. The van der Waals surface area contributed by atoms with Crippen molar-refractivity contribution in [2.45, 2.75) is 65.0 Å². The van der Waals surface area contributed by atoms with Crippen LogP contribution in [0.3, 0.4) is 0 Å². The van der Waals surface area contributed by atoms with Crippen molar-refractivity contribution in [3.8, 4) is 22.8 Å². The first kappa shape index (κ1) is 35.4. The first-order valence-electron chi connectivity index (χ1n) is 14.8. The number of carbonyl (C=O) groups excluding carboxylic acids is 2. The Morgan fingerprint density at radius 1 is 1.02 bits per heavy atom. The van der Waals surface area contributed by atoms with E-state index < -0.39 is 43.0 Å². The number of pyridine rings is 2. The highest BCUT2D eigenvalue weighted by atomic mass is 19.3. The molecule has 0 saturated carbocycles. The third-order valence-electron chi connectivity index (χ3n) is 7.48. The predicted octanol–water partition coefficient (Wildman–Crippen LogP) is 4.69. The van der Waals surface area contributed by atoms with Crippen LogP contribution < -0.4 is 25.7 Å². The van der Waals surface area contributed by atoms with Crippen LogP contribution in [0.4, 0.5) is 23.4 Å². The Labute approximate surface area is 268 Å². The second-order valence-corrected chi connectivity index (χ2v) is 11.6. The number of halogens is 4. The minimum Gasteiger partial charge on any atom is -0.475 e. The van der Waals surface area contributed by atoms with Gasteiger partial charge in [0, 0.05) is 39.0 Å². The molecule has 2 amide bonds. The van der Waals surface area contributed by atoms with Crippen molar-refractivity contribution in [1.82, 2.24) is 19.8 Å². The van der Waals surface area contributed by atoms with Gasteiger partial charge < -0.3 is 34.3 Å². The number of benzene rings is 1. The highest BCUT2D eigenvalue weighted by Crippen LogP contribution is 2.35. The number of anilines is 1. The highest BCUT2D eigenvalue weighted by Gasteiger charge is 2.46. The predicted molar refractivity (Wildman–Crippen MR) is 165 cm³/mol. The van der Waals surface area contributed by atoms with Crippen molar-refractivity contribution in [3.63, 3.8) is 0 Å². The summed E-state index contributed by atoms with van der Waals surface area (Å²) in [4.78, 5) is 44.9. The highest BCUT2D eigenvalue weighted by molar-refractivity contribution is 6.05. The molecule has 2 N–H and O–H groups in total. The summed E-state index contributed by atoms with van der Waals surface area (Å²) in [6, 6.07) is 7.84. The zero-order chi connectivity index (χ0) is 34.6. The van der Waals surface area contributed by atoms with E-state index in [9.17, 15) is 31.9 Å². The Balaban J connectivity index is 1.71. The number of carbonyl (C=O) groups is 2. The van der Waals surface area contributed by atoms with Crippen LogP contribution in [0.2, 0.25) is 0 Å². The molecule has 11 nitrogen and oxygen atoms in total. The third-order valence-corrected chi connectivity index (χ3v) is 7.48. The van der Waals surface area contributed by atoms with Crippen molar-refractivity contribution in [3.05, 3.63) is 69.6 Å². The van der Waals surface area contributed by atoms with E-state index in [2.05, 4.69) is 20.4 Å². The SMILES string of the molecule is CO[C@@H](C)[C@H](C)NCc1cc(C(=O)Nc2cc(-c3ccc(OC(F)F)cc3C(=O)N3CC(F)(F)C3)cc(OC(C)C)n2)c(=O)n(C)c1. The molecular formula is C32H37F4N5O6. The Kier molecular flexibility index (Phi) is 10.9. The Bertz CT molecular complexity index is 1670. The number of amides is 2. The first-order chi connectivity index (χ1) is 22.1. The number of hydrogen-bond donors (Lipinski definition) is 2. The molecule has 15 heteroatoms. The average Bonchev–Trinajstić information content (AvgIpc) is 2.98. The van der Waals surface area contributed by atoms with Crippen LogP contribution >= 0.6 is 0 Å². The molecule has 1 saturated heterocycles. The number of alkyl halides is 4. The number of hydrogen-bond acceptors (Lipinski definition) is 8. The molecule has 3 heterocycles. The molecule has 2 atom stereocenters. The maximum Gasteiger partial charge on any atom is 0.387 e. The third kappa shape index (κ3) is 8.86. The largest absolute Gasteiger partial charge is 0.475 e. The smallest absolute Gasteiger partial charge is 0.387 e. The number of methoxy groups -OCH3 is 1. The van der Waals surface area contributed by atoms with Gasteiger partial charge in [-0.3, -0.25) is 14.4 Å². The zero-order valence-corrected chi connectivity index (χ0v) is 26.8. The Morgan fingerprint density at radius 3 is 2.34 bits per heavy atom. The fourth-order valence-corrected chi connectivity index (χ4v) is 4.85. The molecule has 1 aliphatic heterocycles. The quantitative estimate of drug-likeness (QED) is 0.253. The molecule has 47 heavy (non-hydrogen) atoms. The summed E-state index contributed by atoms with van der Waals surface area (Å²) in [6.45, 7) is 2.80. The van der Waals surface area contributed by atoms with Crippen molar-refractivity contribution in [1.29, 1.82) is 0 Å². The van der Waals surface area contributed by atoms with Gasteiger partial charge in [0.1, 0.15) is 17.1 Å². The molecule has 1 aromatic carbocycles. The van der Waals surface area contributed by atoms with Gasteiger partial charge in [-0.1, -0.05) is 0 Å². The van der Waals surface area contributed by atoms with Crippen molar-refractivity contribution >= 4 is 17.6 Å². The molecular weight excluding hydrogens is 626 g/mol. The lowest BCUT2D eigenvalue weighted by Crippen LogP contribution is -2.58. The fourth-order valence-electron chi connectivity index (χ4n) is 4.85. The summed E-state index contributed by atoms with van der Waals surface area (Å²) in [7, 11) is 3.12. The number of aryl methyl sites for hydroxylation is 1. The summed E-state index contributed by atoms with van der Waals surface area (Å²) in [5, 5.41) is 5.90. The van der Waals surface area contributed by atoms with Gasteiger partial charge in [-0.25, -0.2) is 8.78 Å². The van der Waals surface area contributed by atoms with Crippen LogP contribution in [0.15, 0.2) is 47.4 Å². The van der Waals surface area contributed by atoms with Crippen molar-refractivity contribution in [2.24, 2.45) is 7.05 Å². The van der Waals surface area contributed by atoms with Gasteiger partial charge in [0.15, 0.2) is 0 Å². The van der Waals surface area contributed by atoms with Gasteiger partial charge >= 0.3 is 6.61 Å². The molecule has 0 unspecified atom stereocenters. The zero-order valence-electron chi connectivity index (χ0n) is 26.8. The monoisotopic (exact) mass is 663 g/mol. The number of ether oxygens (including phenoxy) is 3. The second kappa shape index (κ2) is 14.5. The molecule has 3 aromatic rings. The van der Waals surface area contributed by atoms with Gasteiger partial charge in [-0.05, 0) is 74.7 Å². The Hall–Kier alpha value is -4.50. The average molecular weight is 664 g/mol. The van der Waals surface area contributed by atoms with E-state index in [1.54, 1.807) is 27.2 Å². The van der Waals surface area contributed by atoms with Crippen LogP contribution in [-0.4, -0.2) is 77.2 Å². The maximum atomic E-state index is 13.6. The van der Waals surface area contributed by atoms with E-state index >= 15 is 0 Å². The maximum absolute atomic E-state index is 13.6. The van der Waals surface area contributed by atoms with E-state index in [4.69, 9.17) is 9.47 Å². The summed E-state index contributed by atoms with van der Waals surface area (Å²) in [5.41, 5.74) is 0.139. The molecule has 0 radical (unpaired) electrons. The van der Waals surface area contributed by atoms with Crippen LogP contribution in [0.25, 0.3) is 11.1 Å². The number of rotatable bonds is 13. The number of likely N-dealkylation sites (tertiary alicyclic amines) is 1. The second-order valence-electron chi connectivity index (χ2n) is 11.6. The molecule has 0 spiro atoms. The standard InChI is InChI=1S/C32H37F4N5O6/c1-17(2)46-27-11-21(23-8-7-22(47-31(33)34)12-24(23)30(44)41-15-32(35,36)16-41)10-26(38-27)39-28(42)25-9-20(14-40(5)29(25)43)13-37-18(3)19(4)45-6/h7-12,14,17-19,31,37H,13,15-16H2,1-6H3,(H,38,39,42)/t18-,19-/m0/s1. The van der Waals surface area contributed by atoms with E-state index in [0.717, 1.165) is 11.0 Å². The first-order valence-corrected chi connectivity index (χ1v) is 14.8.